The van der Waals surface area contributed by atoms with Gasteiger partial charge in [0.05, 0.1) is 6.10 Å². The van der Waals surface area contributed by atoms with Crippen LogP contribution < -0.4 is 5.32 Å². The smallest absolute Gasteiger partial charge is 0.252 e. The van der Waals surface area contributed by atoms with E-state index < -0.39 is 10.0 Å². The average Bonchev–Trinajstić information content (AvgIpc) is 3.24. The molecule has 2 fully saturated rings. The molecule has 2 aliphatic rings. The highest BCUT2D eigenvalue weighted by molar-refractivity contribution is 7.91. The maximum Gasteiger partial charge on any atom is 0.252 e. The van der Waals surface area contributed by atoms with E-state index >= 15 is 0 Å². The standard InChI is InChI=1S/C19H30N2O4S2/c22-19(20-11-5-14-25-17-6-2-1-3-7-17)16-9-12-21(13-10-16)27(23,24)18-8-4-15-26-18/h4,8,15-17H,1-3,5-7,9-14H2,(H,20,22). The third-order valence-corrected chi connectivity index (χ3v) is 8.71. The number of ether oxygens (including phenoxy) is 1. The van der Waals surface area contributed by atoms with E-state index in [9.17, 15) is 13.2 Å². The monoisotopic (exact) mass is 414 g/mol. The van der Waals surface area contributed by atoms with Gasteiger partial charge in [0.15, 0.2) is 0 Å². The van der Waals surface area contributed by atoms with Crippen molar-refractivity contribution in [1.82, 2.24) is 9.62 Å². The molecular formula is C19H30N2O4S2. The quantitative estimate of drug-likeness (QED) is 0.664. The summed E-state index contributed by atoms with van der Waals surface area (Å²) in [5, 5.41) is 4.76. The first-order chi connectivity index (χ1) is 13.1. The average molecular weight is 415 g/mol. The van der Waals surface area contributed by atoms with Crippen molar-refractivity contribution in [1.29, 1.82) is 0 Å². The number of amides is 1. The largest absolute Gasteiger partial charge is 0.378 e. The Balaban J connectivity index is 1.32. The highest BCUT2D eigenvalue weighted by Gasteiger charge is 2.32. The zero-order chi connectivity index (χ0) is 19.1. The molecule has 0 spiro atoms. The fourth-order valence-corrected chi connectivity index (χ4v) is 6.42. The molecule has 1 aliphatic carbocycles. The van der Waals surface area contributed by atoms with Crippen LogP contribution in [0.2, 0.25) is 0 Å². The Kier molecular flexibility index (Phi) is 7.69. The second-order valence-electron chi connectivity index (χ2n) is 7.39. The molecule has 27 heavy (non-hydrogen) atoms. The van der Waals surface area contributed by atoms with E-state index in [-0.39, 0.29) is 11.8 Å². The molecule has 0 atom stereocenters. The molecule has 1 aromatic rings. The van der Waals surface area contributed by atoms with Gasteiger partial charge in [0, 0.05) is 32.2 Å². The molecule has 1 amide bonds. The second kappa shape index (κ2) is 10.0. The lowest BCUT2D eigenvalue weighted by Gasteiger charge is -2.30. The lowest BCUT2D eigenvalue weighted by Crippen LogP contribution is -2.43. The second-order valence-corrected chi connectivity index (χ2v) is 10.5. The van der Waals surface area contributed by atoms with Gasteiger partial charge in [0.25, 0.3) is 10.0 Å². The van der Waals surface area contributed by atoms with Crippen LogP contribution in [0.5, 0.6) is 0 Å². The minimum absolute atomic E-state index is 0.0424. The molecule has 0 aromatic carbocycles. The van der Waals surface area contributed by atoms with Crippen LogP contribution in [0, 0.1) is 5.92 Å². The molecule has 6 nitrogen and oxygen atoms in total. The number of sulfonamides is 1. The maximum absolute atomic E-state index is 12.5. The van der Waals surface area contributed by atoms with Gasteiger partial charge in [-0.05, 0) is 43.6 Å². The number of piperidine rings is 1. The summed E-state index contributed by atoms with van der Waals surface area (Å²) in [6, 6.07) is 3.38. The zero-order valence-electron chi connectivity index (χ0n) is 15.8. The number of nitrogens with one attached hydrogen (secondary N) is 1. The van der Waals surface area contributed by atoms with E-state index in [1.165, 1.54) is 47.7 Å². The Morgan fingerprint density at radius 2 is 1.93 bits per heavy atom. The topological polar surface area (TPSA) is 75.7 Å². The van der Waals surface area contributed by atoms with Crippen molar-refractivity contribution in [2.24, 2.45) is 5.92 Å². The third kappa shape index (κ3) is 5.76. The minimum Gasteiger partial charge on any atom is -0.378 e. The number of carbonyl (C=O) groups excluding carboxylic acids is 1. The predicted octanol–water partition coefficient (Wildman–Crippen LogP) is 3.00. The Bertz CT molecular complexity index is 677. The normalized spacial score (nSPS) is 20.6. The molecule has 1 aromatic heterocycles. The van der Waals surface area contributed by atoms with Crippen LogP contribution in [-0.4, -0.2) is 51.0 Å². The predicted molar refractivity (Wildman–Crippen MR) is 106 cm³/mol. The number of rotatable bonds is 8. The molecule has 152 valence electrons. The van der Waals surface area contributed by atoms with Gasteiger partial charge in [0.2, 0.25) is 5.91 Å². The van der Waals surface area contributed by atoms with Crippen LogP contribution in [0.4, 0.5) is 0 Å². The molecule has 0 radical (unpaired) electrons. The molecule has 8 heteroatoms. The van der Waals surface area contributed by atoms with Crippen molar-refractivity contribution >= 4 is 27.3 Å². The van der Waals surface area contributed by atoms with E-state index in [4.69, 9.17) is 4.74 Å². The van der Waals surface area contributed by atoms with Gasteiger partial charge in [-0.25, -0.2) is 8.42 Å². The van der Waals surface area contributed by atoms with Gasteiger partial charge in [-0.1, -0.05) is 25.3 Å². The molecule has 1 saturated carbocycles. The van der Waals surface area contributed by atoms with Crippen molar-refractivity contribution in [3.63, 3.8) is 0 Å². The molecule has 3 rings (SSSR count). The molecule has 1 saturated heterocycles. The Labute approximate surface area is 166 Å². The van der Waals surface area contributed by atoms with Gasteiger partial charge in [-0.15, -0.1) is 11.3 Å². The van der Waals surface area contributed by atoms with Crippen LogP contribution in [0.1, 0.15) is 51.4 Å². The Hall–Kier alpha value is -0.960. The highest BCUT2D eigenvalue weighted by atomic mass is 32.2. The molecule has 2 heterocycles. The SMILES string of the molecule is O=C(NCCCOC1CCCCC1)C1CCN(S(=O)(=O)c2cccs2)CC1. The van der Waals surface area contributed by atoms with Gasteiger partial charge in [-0.3, -0.25) is 4.79 Å². The lowest BCUT2D eigenvalue weighted by molar-refractivity contribution is -0.126. The molecule has 1 aliphatic heterocycles. The number of nitrogens with zero attached hydrogens (tertiary/aromatic N) is 1. The molecule has 0 bridgehead atoms. The summed E-state index contributed by atoms with van der Waals surface area (Å²) in [6.07, 6.45) is 8.58. The summed E-state index contributed by atoms with van der Waals surface area (Å²) in [7, 11) is -3.40. The van der Waals surface area contributed by atoms with Gasteiger partial charge >= 0.3 is 0 Å². The van der Waals surface area contributed by atoms with E-state index in [0.29, 0.717) is 49.4 Å². The summed E-state index contributed by atoms with van der Waals surface area (Å²) < 4.78 is 32.8. The third-order valence-electron chi connectivity index (χ3n) is 5.44. The maximum atomic E-state index is 12.5. The Morgan fingerprint density at radius 3 is 2.59 bits per heavy atom. The van der Waals surface area contributed by atoms with Crippen molar-refractivity contribution in [2.45, 2.75) is 61.7 Å². The molecular weight excluding hydrogens is 384 g/mol. The van der Waals surface area contributed by atoms with Crippen LogP contribution in [0.25, 0.3) is 0 Å². The first kappa shape index (κ1) is 20.8. The number of thiophene rings is 1. The summed E-state index contributed by atoms with van der Waals surface area (Å²) in [6.45, 7) is 2.13. The van der Waals surface area contributed by atoms with Gasteiger partial charge in [0.1, 0.15) is 4.21 Å². The highest BCUT2D eigenvalue weighted by Crippen LogP contribution is 2.26. The summed E-state index contributed by atoms with van der Waals surface area (Å²) in [5.41, 5.74) is 0. The number of hydrogen-bond donors (Lipinski definition) is 1. The van der Waals surface area contributed by atoms with E-state index in [1.54, 1.807) is 17.5 Å². The van der Waals surface area contributed by atoms with Gasteiger partial charge < -0.3 is 10.1 Å². The van der Waals surface area contributed by atoms with Crippen molar-refractivity contribution in [3.8, 4) is 0 Å². The fraction of sp³-hybridized carbons (Fsp3) is 0.737. The minimum atomic E-state index is -3.40. The van der Waals surface area contributed by atoms with Crippen LogP contribution in [0.3, 0.4) is 0 Å². The Morgan fingerprint density at radius 1 is 1.19 bits per heavy atom. The van der Waals surface area contributed by atoms with Crippen LogP contribution in [0.15, 0.2) is 21.7 Å². The first-order valence-electron chi connectivity index (χ1n) is 10.0. The number of carbonyl (C=O) groups is 1. The zero-order valence-corrected chi connectivity index (χ0v) is 17.4. The van der Waals surface area contributed by atoms with Crippen molar-refractivity contribution in [3.05, 3.63) is 17.5 Å². The van der Waals surface area contributed by atoms with Crippen molar-refractivity contribution < 1.29 is 17.9 Å². The number of hydrogen-bond acceptors (Lipinski definition) is 5. The van der Waals surface area contributed by atoms with Crippen molar-refractivity contribution in [2.75, 3.05) is 26.2 Å². The lowest BCUT2D eigenvalue weighted by atomic mass is 9.97. The molecule has 1 N–H and O–H groups in total. The first-order valence-corrected chi connectivity index (χ1v) is 12.3. The van der Waals surface area contributed by atoms with Crippen LogP contribution in [-0.2, 0) is 19.6 Å². The van der Waals surface area contributed by atoms with E-state index in [2.05, 4.69) is 5.32 Å². The van der Waals surface area contributed by atoms with Gasteiger partial charge in [-0.2, -0.15) is 4.31 Å². The summed E-state index contributed by atoms with van der Waals surface area (Å²) in [5.74, 6) is -0.0557. The summed E-state index contributed by atoms with van der Waals surface area (Å²) >= 11 is 1.24. The fourth-order valence-electron chi connectivity index (χ4n) is 3.81. The summed E-state index contributed by atoms with van der Waals surface area (Å²) in [4.78, 5) is 12.3. The van der Waals surface area contributed by atoms with E-state index in [0.717, 1.165) is 6.42 Å². The molecule has 0 unspecified atom stereocenters. The van der Waals surface area contributed by atoms with E-state index in [1.807, 2.05) is 0 Å². The van der Waals surface area contributed by atoms with Crippen LogP contribution >= 0.6 is 11.3 Å².